The summed E-state index contributed by atoms with van der Waals surface area (Å²) in [5, 5.41) is 33.3. The number of ether oxygens (including phenoxy) is 1. The van der Waals surface area contributed by atoms with Crippen LogP contribution in [0.3, 0.4) is 0 Å². The smallest absolute Gasteiger partial charge is 0.0878 e. The molecular formula is C19H33ClN4O3. The van der Waals surface area contributed by atoms with Crippen LogP contribution in [0.5, 0.6) is 0 Å². The minimum atomic E-state index is -0.111. The van der Waals surface area contributed by atoms with Crippen molar-refractivity contribution in [3.63, 3.8) is 0 Å². The number of aliphatic hydroxyl groups excluding tert-OH is 2. The van der Waals surface area contributed by atoms with E-state index in [1.165, 1.54) is 0 Å². The molecule has 27 heavy (non-hydrogen) atoms. The van der Waals surface area contributed by atoms with Gasteiger partial charge in [0.15, 0.2) is 0 Å². The van der Waals surface area contributed by atoms with E-state index in [1.807, 2.05) is 26.8 Å². The van der Waals surface area contributed by atoms with Gasteiger partial charge in [-0.25, -0.2) is 0 Å². The summed E-state index contributed by atoms with van der Waals surface area (Å²) in [6.45, 7) is 8.33. The molecule has 0 heterocycles. The molecule has 8 heteroatoms. The van der Waals surface area contributed by atoms with Crippen LogP contribution < -0.4 is 5.32 Å². The second kappa shape index (κ2) is 13.8. The van der Waals surface area contributed by atoms with Crippen LogP contribution >= 0.6 is 11.6 Å². The molecule has 0 radical (unpaired) electrons. The lowest BCUT2D eigenvalue weighted by Gasteiger charge is -2.26. The largest absolute Gasteiger partial charge is 0.395 e. The molecule has 0 aliphatic heterocycles. The molecule has 0 aromatic heterocycles. The molecule has 0 spiro atoms. The molecule has 0 unspecified atom stereocenters. The van der Waals surface area contributed by atoms with Crippen molar-refractivity contribution in [2.45, 2.75) is 52.3 Å². The SMILES string of the molecule is CCOCc1cc(N=NN(CCN[C@@H](CC)CO)[C@H](CC)CO)ccc1Cl. The molecule has 1 rings (SSSR count). The van der Waals surface area contributed by atoms with E-state index < -0.39 is 0 Å². The van der Waals surface area contributed by atoms with Crippen LogP contribution in [0.1, 0.15) is 39.2 Å². The molecule has 0 saturated carbocycles. The van der Waals surface area contributed by atoms with E-state index in [9.17, 15) is 10.2 Å². The summed E-state index contributed by atoms with van der Waals surface area (Å²) in [6, 6.07) is 5.40. The molecule has 154 valence electrons. The van der Waals surface area contributed by atoms with Crippen LogP contribution in [0.25, 0.3) is 0 Å². The number of rotatable bonds is 14. The Morgan fingerprint density at radius 3 is 2.56 bits per heavy atom. The zero-order chi connectivity index (χ0) is 20.1. The summed E-state index contributed by atoms with van der Waals surface area (Å²) in [7, 11) is 0. The van der Waals surface area contributed by atoms with Crippen LogP contribution in [0.2, 0.25) is 5.02 Å². The quantitative estimate of drug-likeness (QED) is 0.329. The van der Waals surface area contributed by atoms with Crippen molar-refractivity contribution in [1.29, 1.82) is 0 Å². The minimum absolute atomic E-state index is 0.00291. The maximum absolute atomic E-state index is 9.63. The highest BCUT2D eigenvalue weighted by Gasteiger charge is 2.15. The first-order valence-corrected chi connectivity index (χ1v) is 9.96. The van der Waals surface area contributed by atoms with Gasteiger partial charge in [-0.2, -0.15) is 0 Å². The summed E-state index contributed by atoms with van der Waals surface area (Å²) in [5.74, 6) is 0. The number of halogens is 1. The highest BCUT2D eigenvalue weighted by Crippen LogP contribution is 2.24. The predicted octanol–water partition coefficient (Wildman–Crippen LogP) is 3.31. The van der Waals surface area contributed by atoms with Crippen LogP contribution in [0.15, 0.2) is 28.5 Å². The van der Waals surface area contributed by atoms with Gasteiger partial charge in [0.1, 0.15) is 0 Å². The molecule has 1 aromatic rings. The second-order valence-corrected chi connectivity index (χ2v) is 6.66. The van der Waals surface area contributed by atoms with Gasteiger partial charge in [-0.3, -0.25) is 5.01 Å². The first-order valence-electron chi connectivity index (χ1n) is 9.58. The van der Waals surface area contributed by atoms with E-state index in [0.717, 1.165) is 18.4 Å². The third-order valence-electron chi connectivity index (χ3n) is 4.36. The van der Waals surface area contributed by atoms with Gasteiger partial charge >= 0.3 is 0 Å². The van der Waals surface area contributed by atoms with Gasteiger partial charge in [-0.1, -0.05) is 30.7 Å². The summed E-state index contributed by atoms with van der Waals surface area (Å²) >= 11 is 6.19. The molecule has 0 aliphatic carbocycles. The van der Waals surface area contributed by atoms with Crippen LogP contribution in [-0.4, -0.2) is 60.2 Å². The number of nitrogens with one attached hydrogen (secondary N) is 1. The van der Waals surface area contributed by atoms with Gasteiger partial charge in [0, 0.05) is 24.2 Å². The molecule has 3 N–H and O–H groups in total. The molecule has 0 amide bonds. The Hall–Kier alpha value is -1.25. The molecule has 1 aromatic carbocycles. The van der Waals surface area contributed by atoms with E-state index >= 15 is 0 Å². The summed E-state index contributed by atoms with van der Waals surface area (Å²) < 4.78 is 5.42. The van der Waals surface area contributed by atoms with E-state index in [4.69, 9.17) is 16.3 Å². The fraction of sp³-hybridized carbons (Fsp3) is 0.684. The van der Waals surface area contributed by atoms with Gasteiger partial charge in [0.2, 0.25) is 0 Å². The summed E-state index contributed by atoms with van der Waals surface area (Å²) in [5.41, 5.74) is 1.55. The van der Waals surface area contributed by atoms with Gasteiger partial charge in [-0.05, 0) is 43.5 Å². The van der Waals surface area contributed by atoms with Crippen molar-refractivity contribution < 1.29 is 14.9 Å². The Labute approximate surface area is 167 Å². The zero-order valence-electron chi connectivity index (χ0n) is 16.6. The minimum Gasteiger partial charge on any atom is -0.395 e. The van der Waals surface area contributed by atoms with Crippen LogP contribution in [0, 0.1) is 0 Å². The topological polar surface area (TPSA) is 89.7 Å². The summed E-state index contributed by atoms with van der Waals surface area (Å²) in [6.07, 6.45) is 1.60. The second-order valence-electron chi connectivity index (χ2n) is 6.25. The standard InChI is InChI=1S/C19H33ClN4O3/c1-4-16(12-25)21-9-10-24(18(5-2)13-26)23-22-17-7-8-19(20)15(11-17)14-27-6-3/h7-8,11,16,18,21,25-26H,4-6,9-10,12-14H2,1-3H3/t16-,18+/m0/s1. The summed E-state index contributed by atoms with van der Waals surface area (Å²) in [4.78, 5) is 0. The van der Waals surface area contributed by atoms with E-state index in [1.54, 1.807) is 17.1 Å². The monoisotopic (exact) mass is 400 g/mol. The predicted molar refractivity (Wildman–Crippen MR) is 108 cm³/mol. The number of benzene rings is 1. The fourth-order valence-electron chi connectivity index (χ4n) is 2.51. The van der Waals surface area contributed by atoms with Crippen molar-refractivity contribution in [2.24, 2.45) is 10.3 Å². The Morgan fingerprint density at radius 2 is 1.96 bits per heavy atom. The van der Waals surface area contributed by atoms with Crippen molar-refractivity contribution >= 4 is 17.3 Å². The number of hydrogen-bond acceptors (Lipinski definition) is 6. The number of hydrogen-bond donors (Lipinski definition) is 3. The molecular weight excluding hydrogens is 368 g/mol. The van der Waals surface area contributed by atoms with Gasteiger partial charge in [0.05, 0.1) is 38.1 Å². The van der Waals surface area contributed by atoms with Gasteiger partial charge in [0.25, 0.3) is 0 Å². The average Bonchev–Trinajstić information content (AvgIpc) is 2.69. The number of nitrogens with zero attached hydrogens (tertiary/aromatic N) is 3. The lowest BCUT2D eigenvalue weighted by molar-refractivity contribution is 0.113. The molecule has 7 nitrogen and oxygen atoms in total. The van der Waals surface area contributed by atoms with Crippen LogP contribution in [-0.2, 0) is 11.3 Å². The molecule has 2 atom stereocenters. The highest BCUT2D eigenvalue weighted by molar-refractivity contribution is 6.31. The molecule has 0 aliphatic rings. The lowest BCUT2D eigenvalue weighted by Crippen LogP contribution is -2.41. The normalized spacial score (nSPS) is 13.9. The van der Waals surface area contributed by atoms with Gasteiger partial charge in [-0.15, -0.1) is 5.11 Å². The highest BCUT2D eigenvalue weighted by atomic mass is 35.5. The zero-order valence-corrected chi connectivity index (χ0v) is 17.3. The Balaban J connectivity index is 2.81. The van der Waals surface area contributed by atoms with E-state index in [0.29, 0.717) is 37.0 Å². The van der Waals surface area contributed by atoms with E-state index in [2.05, 4.69) is 15.7 Å². The Bertz CT molecular complexity index is 552. The van der Waals surface area contributed by atoms with Crippen molar-refractivity contribution in [2.75, 3.05) is 32.9 Å². The van der Waals surface area contributed by atoms with Crippen molar-refractivity contribution in [3.05, 3.63) is 28.8 Å². The molecule has 0 fully saturated rings. The van der Waals surface area contributed by atoms with E-state index in [-0.39, 0.29) is 25.3 Å². The molecule has 0 saturated heterocycles. The maximum Gasteiger partial charge on any atom is 0.0878 e. The maximum atomic E-state index is 9.63. The lowest BCUT2D eigenvalue weighted by atomic mass is 10.2. The van der Waals surface area contributed by atoms with Crippen molar-refractivity contribution in [1.82, 2.24) is 10.3 Å². The Kier molecular flexibility index (Phi) is 12.2. The number of aliphatic hydroxyl groups is 2. The third kappa shape index (κ3) is 8.53. The average molecular weight is 401 g/mol. The fourth-order valence-corrected chi connectivity index (χ4v) is 2.68. The first-order chi connectivity index (χ1) is 13.1. The van der Waals surface area contributed by atoms with Crippen molar-refractivity contribution in [3.8, 4) is 0 Å². The molecule has 0 bridgehead atoms. The first kappa shape index (κ1) is 23.8. The third-order valence-corrected chi connectivity index (χ3v) is 4.73. The van der Waals surface area contributed by atoms with Gasteiger partial charge < -0.3 is 20.3 Å². The Morgan fingerprint density at radius 1 is 1.19 bits per heavy atom. The van der Waals surface area contributed by atoms with Crippen LogP contribution in [0.4, 0.5) is 5.69 Å².